The van der Waals surface area contributed by atoms with Crippen LogP contribution in [-0.4, -0.2) is 24.2 Å². The topological polar surface area (TPSA) is 55.4 Å². The molecule has 1 amide bonds. The van der Waals surface area contributed by atoms with E-state index in [4.69, 9.17) is 16.3 Å². The van der Waals surface area contributed by atoms with Crippen molar-refractivity contribution in [1.29, 1.82) is 0 Å². The Morgan fingerprint density at radius 1 is 1.19 bits per heavy atom. The van der Waals surface area contributed by atoms with E-state index in [9.17, 15) is 14.0 Å². The zero-order valence-corrected chi connectivity index (χ0v) is 16.5. The summed E-state index contributed by atoms with van der Waals surface area (Å²) in [5.74, 6) is -0.506. The van der Waals surface area contributed by atoms with Crippen molar-refractivity contribution in [2.75, 3.05) is 17.7 Å². The Bertz CT molecular complexity index is 763. The summed E-state index contributed by atoms with van der Waals surface area (Å²) >= 11 is 7.23. The van der Waals surface area contributed by atoms with Crippen LogP contribution in [0.3, 0.4) is 0 Å². The molecule has 0 aliphatic carbocycles. The first kappa shape index (κ1) is 21.3. The van der Waals surface area contributed by atoms with Crippen LogP contribution in [0.4, 0.5) is 10.1 Å². The first-order valence-electron chi connectivity index (χ1n) is 8.59. The largest absolute Gasteiger partial charge is 0.462 e. The van der Waals surface area contributed by atoms with E-state index in [2.05, 4.69) is 5.32 Å². The molecule has 0 saturated carbocycles. The molecule has 1 N–H and O–H groups in total. The van der Waals surface area contributed by atoms with Crippen molar-refractivity contribution in [1.82, 2.24) is 0 Å². The molecule has 0 unspecified atom stereocenters. The second-order valence-electron chi connectivity index (χ2n) is 5.81. The number of esters is 1. The number of halogens is 2. The molecule has 7 heteroatoms. The number of anilines is 1. The molecule has 0 radical (unpaired) electrons. The van der Waals surface area contributed by atoms with Gasteiger partial charge in [-0.05, 0) is 42.8 Å². The van der Waals surface area contributed by atoms with Gasteiger partial charge in [-0.15, -0.1) is 11.8 Å². The molecule has 2 rings (SSSR count). The highest BCUT2D eigenvalue weighted by molar-refractivity contribution is 7.99. The van der Waals surface area contributed by atoms with Gasteiger partial charge in [-0.2, -0.15) is 0 Å². The maximum Gasteiger partial charge on any atom is 0.338 e. The van der Waals surface area contributed by atoms with Crippen LogP contribution in [0.1, 0.15) is 35.7 Å². The van der Waals surface area contributed by atoms with Gasteiger partial charge in [-0.25, -0.2) is 9.18 Å². The molecular weight excluding hydrogens is 389 g/mol. The van der Waals surface area contributed by atoms with E-state index in [1.807, 2.05) is 6.92 Å². The Balaban J connectivity index is 1.79. The number of carbonyl (C=O) groups excluding carboxylic acids is 2. The summed E-state index contributed by atoms with van der Waals surface area (Å²) in [5.41, 5.74) is 1.41. The van der Waals surface area contributed by atoms with Gasteiger partial charge in [0, 0.05) is 22.0 Å². The van der Waals surface area contributed by atoms with Crippen molar-refractivity contribution in [2.24, 2.45) is 0 Å². The predicted octanol–water partition coefficient (Wildman–Crippen LogP) is 5.31. The molecular formula is C20H21ClFNO3S. The van der Waals surface area contributed by atoms with Crippen LogP contribution in [0.15, 0.2) is 42.5 Å². The number of hydrogen-bond donors (Lipinski definition) is 1. The van der Waals surface area contributed by atoms with Gasteiger partial charge in [0.15, 0.2) is 0 Å². The maximum absolute atomic E-state index is 13.7. The number of thioether (sulfide) groups is 1. The fourth-order valence-electron chi connectivity index (χ4n) is 2.20. The van der Waals surface area contributed by atoms with Gasteiger partial charge in [0.05, 0.1) is 17.9 Å². The van der Waals surface area contributed by atoms with Crippen molar-refractivity contribution in [3.8, 4) is 0 Å². The van der Waals surface area contributed by atoms with Gasteiger partial charge < -0.3 is 10.1 Å². The third-order valence-corrected chi connectivity index (χ3v) is 4.99. The van der Waals surface area contributed by atoms with Gasteiger partial charge in [0.2, 0.25) is 5.91 Å². The van der Waals surface area contributed by atoms with Crippen LogP contribution in [0.5, 0.6) is 0 Å². The van der Waals surface area contributed by atoms with Crippen molar-refractivity contribution in [3.05, 3.63) is 64.4 Å². The van der Waals surface area contributed by atoms with E-state index in [1.165, 1.54) is 17.8 Å². The lowest BCUT2D eigenvalue weighted by molar-refractivity contribution is -0.113. The molecule has 2 aromatic carbocycles. The number of unbranched alkanes of at least 4 members (excludes halogenated alkanes) is 1. The van der Waals surface area contributed by atoms with Gasteiger partial charge in [0.25, 0.3) is 0 Å². The second-order valence-corrected chi connectivity index (χ2v) is 7.20. The van der Waals surface area contributed by atoms with Crippen LogP contribution in [0, 0.1) is 5.82 Å². The maximum atomic E-state index is 13.7. The SMILES string of the molecule is CCCCOC(=O)c1ccc(NC(=O)CSCc2c(F)cccc2Cl)cc1. The molecule has 144 valence electrons. The fourth-order valence-corrected chi connectivity index (χ4v) is 3.36. The number of benzene rings is 2. The summed E-state index contributed by atoms with van der Waals surface area (Å²) in [7, 11) is 0. The van der Waals surface area contributed by atoms with Crippen molar-refractivity contribution < 1.29 is 18.7 Å². The summed E-state index contributed by atoms with van der Waals surface area (Å²) in [4.78, 5) is 23.8. The van der Waals surface area contributed by atoms with E-state index in [0.29, 0.717) is 34.2 Å². The summed E-state index contributed by atoms with van der Waals surface area (Å²) in [5, 5.41) is 3.09. The summed E-state index contributed by atoms with van der Waals surface area (Å²) in [6.45, 7) is 2.42. The van der Waals surface area contributed by atoms with Crippen LogP contribution < -0.4 is 5.32 Å². The normalized spacial score (nSPS) is 10.5. The molecule has 0 aliphatic rings. The predicted molar refractivity (Wildman–Crippen MR) is 108 cm³/mol. The molecule has 0 heterocycles. The molecule has 0 aromatic heterocycles. The molecule has 27 heavy (non-hydrogen) atoms. The highest BCUT2D eigenvalue weighted by Crippen LogP contribution is 2.24. The minimum absolute atomic E-state index is 0.158. The molecule has 0 saturated heterocycles. The molecule has 0 bridgehead atoms. The first-order chi connectivity index (χ1) is 13.0. The lowest BCUT2D eigenvalue weighted by Gasteiger charge is -2.08. The van der Waals surface area contributed by atoms with E-state index < -0.39 is 0 Å². The van der Waals surface area contributed by atoms with Crippen molar-refractivity contribution in [3.63, 3.8) is 0 Å². The number of nitrogens with one attached hydrogen (secondary N) is 1. The quantitative estimate of drug-likeness (QED) is 0.450. The highest BCUT2D eigenvalue weighted by atomic mass is 35.5. The lowest BCUT2D eigenvalue weighted by atomic mass is 10.2. The van der Waals surface area contributed by atoms with Gasteiger partial charge in [-0.3, -0.25) is 4.79 Å². The average Bonchev–Trinajstić information content (AvgIpc) is 2.65. The zero-order chi connectivity index (χ0) is 19.6. The first-order valence-corrected chi connectivity index (χ1v) is 10.1. The second kappa shape index (κ2) is 10.9. The Morgan fingerprint density at radius 2 is 1.93 bits per heavy atom. The summed E-state index contributed by atoms with van der Waals surface area (Å²) in [6.07, 6.45) is 1.79. The van der Waals surface area contributed by atoms with Crippen LogP contribution in [0.2, 0.25) is 5.02 Å². The van der Waals surface area contributed by atoms with E-state index in [1.54, 1.807) is 36.4 Å². The minimum atomic E-state index is -0.378. The standard InChI is InChI=1S/C20H21ClFNO3S/c1-2-3-11-26-20(25)14-7-9-15(10-8-14)23-19(24)13-27-12-16-17(21)5-4-6-18(16)22/h4-10H,2-3,11-13H2,1H3,(H,23,24). The van der Waals surface area contributed by atoms with Crippen molar-refractivity contribution >= 4 is 40.9 Å². The van der Waals surface area contributed by atoms with Gasteiger partial charge >= 0.3 is 5.97 Å². The Hall–Kier alpha value is -2.05. The molecule has 0 fully saturated rings. The van der Waals surface area contributed by atoms with Crippen molar-refractivity contribution in [2.45, 2.75) is 25.5 Å². The van der Waals surface area contributed by atoms with Crippen LogP contribution in [0.25, 0.3) is 0 Å². The van der Waals surface area contributed by atoms with Gasteiger partial charge in [0.1, 0.15) is 5.82 Å². The lowest BCUT2D eigenvalue weighted by Crippen LogP contribution is -2.14. The molecule has 0 spiro atoms. The average molecular weight is 410 g/mol. The molecule has 0 atom stereocenters. The number of carbonyl (C=O) groups is 2. The third kappa shape index (κ3) is 6.88. The van der Waals surface area contributed by atoms with Gasteiger partial charge in [-0.1, -0.05) is 31.0 Å². The van der Waals surface area contributed by atoms with E-state index in [-0.39, 0.29) is 23.4 Å². The minimum Gasteiger partial charge on any atom is -0.462 e. The van der Waals surface area contributed by atoms with E-state index >= 15 is 0 Å². The number of hydrogen-bond acceptors (Lipinski definition) is 4. The molecule has 2 aromatic rings. The Morgan fingerprint density at radius 3 is 2.59 bits per heavy atom. The third-order valence-electron chi connectivity index (χ3n) is 3.68. The van der Waals surface area contributed by atoms with Crippen LogP contribution >= 0.6 is 23.4 Å². The monoisotopic (exact) mass is 409 g/mol. The number of rotatable bonds is 9. The fraction of sp³-hybridized carbons (Fsp3) is 0.300. The molecule has 0 aliphatic heterocycles. The number of ether oxygens (including phenoxy) is 1. The van der Waals surface area contributed by atoms with E-state index in [0.717, 1.165) is 12.8 Å². The molecule has 4 nitrogen and oxygen atoms in total. The smallest absolute Gasteiger partial charge is 0.338 e. The zero-order valence-electron chi connectivity index (χ0n) is 15.0. The number of amides is 1. The highest BCUT2D eigenvalue weighted by Gasteiger charge is 2.10. The summed E-state index contributed by atoms with van der Waals surface area (Å²) < 4.78 is 18.8. The summed E-state index contributed by atoms with van der Waals surface area (Å²) in [6, 6.07) is 11.0. The Labute approximate surface area is 167 Å². The Kier molecular flexibility index (Phi) is 8.61. The van der Waals surface area contributed by atoms with Crippen LogP contribution in [-0.2, 0) is 15.3 Å².